The number of ether oxygens (including phenoxy) is 2. The minimum Gasteiger partial charge on any atom is -0.478 e. The molecule has 2 aliphatic rings. The van der Waals surface area contributed by atoms with E-state index in [1.54, 1.807) is 12.1 Å². The lowest BCUT2D eigenvalue weighted by molar-refractivity contribution is -0.286. The van der Waals surface area contributed by atoms with Crippen molar-refractivity contribution in [3.05, 3.63) is 81.9 Å². The number of hydrogen-bond donors (Lipinski definition) is 1. The monoisotopic (exact) mass is 486 g/mol. The van der Waals surface area contributed by atoms with Crippen LogP contribution in [0, 0.1) is 6.92 Å². The summed E-state index contributed by atoms with van der Waals surface area (Å²) in [7, 11) is 0. The zero-order valence-corrected chi connectivity index (χ0v) is 18.8. The van der Waals surface area contributed by atoms with Gasteiger partial charge in [0.1, 0.15) is 5.78 Å². The molecule has 0 radical (unpaired) electrons. The third-order valence-corrected chi connectivity index (χ3v) is 6.72. The summed E-state index contributed by atoms with van der Waals surface area (Å²) in [6.07, 6.45) is -2.29. The molecule has 5 nitrogen and oxygen atoms in total. The fraction of sp³-hybridized carbons (Fsp3) is 0.231. The van der Waals surface area contributed by atoms with Gasteiger partial charge in [-0.05, 0) is 66.3 Å². The second-order valence-electron chi connectivity index (χ2n) is 8.66. The number of hydrogen-bond acceptors (Lipinski definition) is 4. The normalized spacial score (nSPS) is 16.8. The summed E-state index contributed by atoms with van der Waals surface area (Å²) in [5, 5.41) is 9.48. The summed E-state index contributed by atoms with van der Waals surface area (Å²) in [4.78, 5) is 24.5. The number of alkyl halides is 2. The topological polar surface area (TPSA) is 72.8 Å². The average Bonchev–Trinajstić information content (AvgIpc) is 3.52. The van der Waals surface area contributed by atoms with Gasteiger partial charge in [-0.25, -0.2) is 4.79 Å². The quantitative estimate of drug-likeness (QED) is 0.435. The first kappa shape index (κ1) is 22.3. The van der Waals surface area contributed by atoms with Crippen LogP contribution < -0.4 is 9.47 Å². The molecule has 1 fully saturated rings. The molecule has 1 aliphatic carbocycles. The van der Waals surface area contributed by atoms with Crippen molar-refractivity contribution in [3.63, 3.8) is 0 Å². The lowest BCUT2D eigenvalue weighted by Crippen LogP contribution is -2.26. The van der Waals surface area contributed by atoms with Crippen molar-refractivity contribution in [2.75, 3.05) is 0 Å². The number of carboxylic acids is 1. The molecule has 3 aromatic carbocycles. The van der Waals surface area contributed by atoms with Crippen LogP contribution in [0.3, 0.4) is 0 Å². The Kier molecular flexibility index (Phi) is 5.13. The first-order valence-electron chi connectivity index (χ1n) is 10.6. The Bertz CT molecular complexity index is 1350. The van der Waals surface area contributed by atoms with Crippen molar-refractivity contribution in [2.24, 2.45) is 0 Å². The van der Waals surface area contributed by atoms with Gasteiger partial charge in [-0.1, -0.05) is 41.9 Å². The van der Waals surface area contributed by atoms with Crippen molar-refractivity contribution < 1.29 is 34.4 Å². The number of aryl methyl sites for hydroxylation is 1. The summed E-state index contributed by atoms with van der Waals surface area (Å²) in [6, 6.07) is 14.7. The van der Waals surface area contributed by atoms with Crippen molar-refractivity contribution in [3.8, 4) is 22.6 Å². The van der Waals surface area contributed by atoms with Crippen LogP contribution in [0.5, 0.6) is 11.5 Å². The largest absolute Gasteiger partial charge is 0.586 e. The molecule has 3 aromatic rings. The molecule has 176 valence electrons. The summed E-state index contributed by atoms with van der Waals surface area (Å²) in [5.41, 5.74) is 3.19. The molecule has 0 saturated heterocycles. The van der Waals surface area contributed by atoms with Crippen LogP contribution in [0.15, 0.2) is 54.6 Å². The maximum atomic E-state index is 13.4. The Labute approximate surface area is 200 Å². The fourth-order valence-electron chi connectivity index (χ4n) is 4.39. The maximum absolute atomic E-state index is 13.4. The van der Waals surface area contributed by atoms with Crippen LogP contribution in [0.4, 0.5) is 8.78 Å². The van der Waals surface area contributed by atoms with Gasteiger partial charge < -0.3 is 14.6 Å². The van der Waals surface area contributed by atoms with Gasteiger partial charge in [0.15, 0.2) is 11.5 Å². The minimum absolute atomic E-state index is 0. The van der Waals surface area contributed by atoms with E-state index in [2.05, 4.69) is 9.47 Å². The van der Waals surface area contributed by atoms with Crippen LogP contribution in [-0.2, 0) is 16.6 Å². The predicted octanol–water partition coefficient (Wildman–Crippen LogP) is 6.42. The van der Waals surface area contributed by atoms with Crippen molar-refractivity contribution in [2.45, 2.75) is 37.9 Å². The van der Waals surface area contributed by atoms with Gasteiger partial charge in [0.2, 0.25) is 0 Å². The molecule has 1 saturated carbocycles. The van der Waals surface area contributed by atoms with E-state index in [1.165, 1.54) is 24.3 Å². The highest BCUT2D eigenvalue weighted by molar-refractivity contribution is 6.33. The number of carbonyl (C=O) groups excluding carboxylic acids is 1. The van der Waals surface area contributed by atoms with Gasteiger partial charge in [0, 0.05) is 18.4 Å². The number of Topliss-reactive ketones (excluding diaryl/α,β-unsaturated/α-hetero) is 1. The average molecular weight is 487 g/mol. The van der Waals surface area contributed by atoms with E-state index in [1.807, 2.05) is 25.1 Å². The number of ketones is 1. The number of rotatable bonds is 6. The molecule has 1 N–H and O–H groups in total. The summed E-state index contributed by atoms with van der Waals surface area (Å²) in [5.74, 6) is -1.20. The summed E-state index contributed by atoms with van der Waals surface area (Å²) < 4.78 is 35.8. The first-order chi connectivity index (χ1) is 16.1. The molecule has 0 amide bonds. The number of fused-ring (bicyclic) bond motifs is 1. The van der Waals surface area contributed by atoms with E-state index in [4.69, 9.17) is 11.6 Å². The zero-order valence-electron chi connectivity index (χ0n) is 18.0. The zero-order chi connectivity index (χ0) is 24.3. The summed E-state index contributed by atoms with van der Waals surface area (Å²) in [6.45, 7) is 1.91. The molecule has 5 rings (SSSR count). The van der Waals surface area contributed by atoms with Gasteiger partial charge in [-0.2, -0.15) is 0 Å². The van der Waals surface area contributed by atoms with Gasteiger partial charge in [-0.3, -0.25) is 4.79 Å². The fourth-order valence-corrected chi connectivity index (χ4v) is 4.67. The Balaban J connectivity index is 0.00000289. The van der Waals surface area contributed by atoms with Gasteiger partial charge in [-0.15, -0.1) is 8.78 Å². The lowest BCUT2D eigenvalue weighted by Gasteiger charge is -2.16. The Morgan fingerprint density at radius 1 is 1.00 bits per heavy atom. The van der Waals surface area contributed by atoms with Crippen LogP contribution in [-0.4, -0.2) is 23.2 Å². The highest BCUT2D eigenvalue weighted by atomic mass is 35.5. The molecule has 0 spiro atoms. The van der Waals surface area contributed by atoms with Crippen LogP contribution in [0.25, 0.3) is 11.1 Å². The molecule has 34 heavy (non-hydrogen) atoms. The highest BCUT2D eigenvalue weighted by Crippen LogP contribution is 2.52. The van der Waals surface area contributed by atoms with Crippen molar-refractivity contribution in [1.29, 1.82) is 0 Å². The maximum Gasteiger partial charge on any atom is 0.586 e. The molecule has 1 aliphatic heterocycles. The van der Waals surface area contributed by atoms with Crippen molar-refractivity contribution in [1.82, 2.24) is 0 Å². The van der Waals surface area contributed by atoms with E-state index in [-0.39, 0.29) is 30.7 Å². The molecular weight excluding hydrogens is 466 g/mol. The third kappa shape index (κ3) is 3.90. The van der Waals surface area contributed by atoms with Crippen LogP contribution in [0.2, 0.25) is 5.02 Å². The smallest absolute Gasteiger partial charge is 0.478 e. The number of halogens is 3. The highest BCUT2D eigenvalue weighted by Gasteiger charge is 2.52. The number of carbonyl (C=O) groups is 2. The number of benzene rings is 3. The van der Waals surface area contributed by atoms with Gasteiger partial charge >= 0.3 is 12.3 Å². The van der Waals surface area contributed by atoms with Crippen LogP contribution >= 0.6 is 11.6 Å². The molecule has 0 aromatic heterocycles. The summed E-state index contributed by atoms with van der Waals surface area (Å²) >= 11 is 6.36. The first-order valence-corrected chi connectivity index (χ1v) is 11.0. The SMILES string of the molecule is Cc1ccc(CC(=O)C2(c3ccc4c(c3)OC(F)(F)O4)CC2)cc1-c1ccc(C(=O)O)cc1Cl.[HH]. The van der Waals surface area contributed by atoms with E-state index in [9.17, 15) is 23.5 Å². The van der Waals surface area contributed by atoms with Gasteiger partial charge in [0.25, 0.3) is 0 Å². The second-order valence-corrected chi connectivity index (χ2v) is 9.07. The molecule has 0 unspecified atom stereocenters. The Morgan fingerprint density at radius 2 is 1.74 bits per heavy atom. The van der Waals surface area contributed by atoms with Crippen LogP contribution in [0.1, 0.15) is 41.3 Å². The standard InChI is InChI=1S/C26H19ClF2O5.H2/c1-14-2-3-15(10-19(14)18-6-4-16(24(31)32)12-20(18)27)11-23(30)25(8-9-25)17-5-7-21-22(13-17)34-26(28,29)33-21;/h2-7,10,12-13H,8-9,11H2,1H3,(H,31,32);1H. The number of carboxylic acid groups (broad SMARTS) is 1. The molecule has 1 heterocycles. The molecule has 8 heteroatoms. The minimum atomic E-state index is -3.70. The predicted molar refractivity (Wildman–Crippen MR) is 123 cm³/mol. The number of aromatic carboxylic acids is 1. The van der Waals surface area contributed by atoms with E-state index >= 15 is 0 Å². The Morgan fingerprint density at radius 3 is 2.41 bits per heavy atom. The lowest BCUT2D eigenvalue weighted by atomic mass is 9.87. The Hall–Kier alpha value is -3.45. The van der Waals surface area contributed by atoms with Crippen molar-refractivity contribution >= 4 is 23.4 Å². The van der Waals surface area contributed by atoms with E-state index < -0.39 is 17.7 Å². The third-order valence-electron chi connectivity index (χ3n) is 6.41. The molecular formula is C26H21ClF2O5. The van der Waals surface area contributed by atoms with E-state index in [0.717, 1.165) is 16.7 Å². The molecule has 0 atom stereocenters. The molecule has 0 bridgehead atoms. The van der Waals surface area contributed by atoms with Gasteiger partial charge in [0.05, 0.1) is 11.0 Å². The van der Waals surface area contributed by atoms with E-state index in [0.29, 0.717) is 29.0 Å². The second kappa shape index (κ2) is 7.81.